The fourth-order valence-corrected chi connectivity index (χ4v) is 4.55. The summed E-state index contributed by atoms with van der Waals surface area (Å²) in [4.78, 5) is 34.4. The van der Waals surface area contributed by atoms with Crippen molar-refractivity contribution in [2.24, 2.45) is 0 Å². The SMILES string of the molecule is COCCc1nc2c(N)nc3ccccc3c2n1CCCN(Cc1ccc(OCC(=O)O)cc1)C(=O)CCl. The largest absolute Gasteiger partial charge is 0.482 e. The molecule has 0 unspecified atom stereocenters. The summed E-state index contributed by atoms with van der Waals surface area (Å²) in [6.07, 6.45) is 1.27. The first-order chi connectivity index (χ1) is 18.4. The number of rotatable bonds is 13. The van der Waals surface area contributed by atoms with Gasteiger partial charge in [-0.15, -0.1) is 11.6 Å². The summed E-state index contributed by atoms with van der Waals surface area (Å²) in [6.45, 7) is 1.55. The first kappa shape index (κ1) is 27.2. The fraction of sp³-hybridized carbons (Fsp3) is 0.333. The van der Waals surface area contributed by atoms with Gasteiger partial charge in [-0.2, -0.15) is 0 Å². The third-order valence-corrected chi connectivity index (χ3v) is 6.38. The number of carbonyl (C=O) groups is 2. The van der Waals surface area contributed by atoms with E-state index in [4.69, 9.17) is 36.9 Å². The second-order valence-corrected chi connectivity index (χ2v) is 9.03. The number of nitrogen functional groups attached to an aromatic ring is 1. The lowest BCUT2D eigenvalue weighted by atomic mass is 10.2. The second-order valence-electron chi connectivity index (χ2n) is 8.76. The second kappa shape index (κ2) is 12.6. The summed E-state index contributed by atoms with van der Waals surface area (Å²) in [5.74, 6) is 0.329. The molecule has 0 aliphatic heterocycles. The van der Waals surface area contributed by atoms with Crippen molar-refractivity contribution >= 4 is 51.2 Å². The lowest BCUT2D eigenvalue weighted by Crippen LogP contribution is -2.33. The van der Waals surface area contributed by atoms with Crippen LogP contribution in [0.2, 0.25) is 0 Å². The molecular weight excluding hydrogens is 510 g/mol. The number of methoxy groups -OCH3 is 1. The van der Waals surface area contributed by atoms with E-state index >= 15 is 0 Å². The zero-order valence-corrected chi connectivity index (χ0v) is 21.9. The third-order valence-electron chi connectivity index (χ3n) is 6.16. The Morgan fingerprint density at radius 2 is 1.89 bits per heavy atom. The molecule has 0 atom stereocenters. The topological polar surface area (TPSA) is 133 Å². The van der Waals surface area contributed by atoms with Crippen LogP contribution < -0.4 is 10.5 Å². The Kier molecular flexibility index (Phi) is 8.98. The normalized spacial score (nSPS) is 11.2. The van der Waals surface area contributed by atoms with E-state index < -0.39 is 12.6 Å². The smallest absolute Gasteiger partial charge is 0.341 e. The molecule has 0 saturated heterocycles. The van der Waals surface area contributed by atoms with Crippen LogP contribution in [0.5, 0.6) is 5.75 Å². The van der Waals surface area contributed by atoms with Crippen LogP contribution in [0.25, 0.3) is 21.9 Å². The number of carboxylic acid groups (broad SMARTS) is 1. The molecule has 11 heteroatoms. The lowest BCUT2D eigenvalue weighted by molar-refractivity contribution is -0.139. The Labute approximate surface area is 224 Å². The van der Waals surface area contributed by atoms with Crippen LogP contribution in [-0.2, 0) is 33.8 Å². The molecule has 0 aliphatic carbocycles. The third kappa shape index (κ3) is 6.32. The highest BCUT2D eigenvalue weighted by Crippen LogP contribution is 2.29. The van der Waals surface area contributed by atoms with Crippen molar-refractivity contribution in [2.45, 2.75) is 25.9 Å². The summed E-state index contributed by atoms with van der Waals surface area (Å²) in [7, 11) is 1.65. The standard InChI is InChI=1S/C27H30ClN5O5/c1-37-14-11-22-31-25-26(20-5-2-3-6-21(20)30-27(25)29)33(22)13-4-12-32(23(34)15-28)16-18-7-9-19(10-8-18)38-17-24(35)36/h2-3,5-10H,4,11-17H2,1H3,(H2,29,30)(H,35,36). The van der Waals surface area contributed by atoms with E-state index in [9.17, 15) is 9.59 Å². The van der Waals surface area contributed by atoms with E-state index in [1.54, 1.807) is 36.3 Å². The maximum atomic E-state index is 12.6. The van der Waals surface area contributed by atoms with Gasteiger partial charge in [0.05, 0.1) is 17.6 Å². The maximum Gasteiger partial charge on any atom is 0.341 e. The van der Waals surface area contributed by atoms with Crippen molar-refractivity contribution in [3.05, 3.63) is 59.9 Å². The summed E-state index contributed by atoms with van der Waals surface area (Å²) in [5, 5.41) is 9.73. The number of aromatic nitrogens is 3. The molecule has 2 aromatic carbocycles. The van der Waals surface area contributed by atoms with Crippen LogP contribution in [0.15, 0.2) is 48.5 Å². The molecule has 4 aromatic rings. The highest BCUT2D eigenvalue weighted by molar-refractivity contribution is 6.27. The van der Waals surface area contributed by atoms with E-state index in [2.05, 4.69) is 9.55 Å². The minimum Gasteiger partial charge on any atom is -0.482 e. The Hall–Kier alpha value is -3.89. The van der Waals surface area contributed by atoms with Gasteiger partial charge in [0.1, 0.15) is 23.0 Å². The highest BCUT2D eigenvalue weighted by atomic mass is 35.5. The van der Waals surface area contributed by atoms with Crippen LogP contribution in [0, 0.1) is 0 Å². The number of pyridine rings is 1. The summed E-state index contributed by atoms with van der Waals surface area (Å²) < 4.78 is 12.6. The molecule has 1 amide bonds. The molecule has 2 aromatic heterocycles. The van der Waals surface area contributed by atoms with Gasteiger partial charge in [-0.25, -0.2) is 14.8 Å². The van der Waals surface area contributed by atoms with Crippen LogP contribution in [0.4, 0.5) is 5.82 Å². The monoisotopic (exact) mass is 539 g/mol. The Bertz CT molecular complexity index is 1420. The molecule has 0 aliphatic rings. The molecule has 0 saturated carbocycles. The zero-order chi connectivity index (χ0) is 27.1. The Morgan fingerprint density at radius 3 is 2.61 bits per heavy atom. The average Bonchev–Trinajstić information content (AvgIpc) is 3.29. The Balaban J connectivity index is 1.54. The van der Waals surface area contributed by atoms with Crippen molar-refractivity contribution < 1.29 is 24.2 Å². The number of carboxylic acids is 1. The number of nitrogens with zero attached hydrogens (tertiary/aromatic N) is 4. The molecule has 200 valence electrons. The summed E-state index contributed by atoms with van der Waals surface area (Å²) >= 11 is 5.91. The molecule has 3 N–H and O–H groups in total. The zero-order valence-electron chi connectivity index (χ0n) is 21.1. The van der Waals surface area contributed by atoms with Gasteiger partial charge in [-0.3, -0.25) is 4.79 Å². The molecule has 0 bridgehead atoms. The molecule has 4 rings (SSSR count). The number of aryl methyl sites for hydroxylation is 1. The quantitative estimate of drug-likeness (QED) is 0.247. The first-order valence-corrected chi connectivity index (χ1v) is 12.7. The number of imidazole rings is 1. The first-order valence-electron chi connectivity index (χ1n) is 12.2. The number of benzene rings is 2. The molecule has 0 spiro atoms. The van der Waals surface area contributed by atoms with Crippen LogP contribution in [0.3, 0.4) is 0 Å². The number of alkyl halides is 1. The number of anilines is 1. The number of amides is 1. The van der Waals surface area contributed by atoms with Crippen LogP contribution in [0.1, 0.15) is 17.8 Å². The van der Waals surface area contributed by atoms with Gasteiger partial charge in [0, 0.05) is 38.6 Å². The number of nitrogens with two attached hydrogens (primary N) is 1. The predicted octanol–water partition coefficient (Wildman–Crippen LogP) is 3.48. The van der Waals surface area contributed by atoms with Gasteiger partial charge in [-0.1, -0.05) is 30.3 Å². The van der Waals surface area contributed by atoms with E-state index in [-0.39, 0.29) is 11.8 Å². The summed E-state index contributed by atoms with van der Waals surface area (Å²) in [6, 6.07) is 14.8. The number of fused-ring (bicyclic) bond motifs is 3. The van der Waals surface area contributed by atoms with Gasteiger partial charge in [0.2, 0.25) is 5.91 Å². The number of aliphatic carboxylic acids is 1. The minimum atomic E-state index is -1.05. The number of ether oxygens (including phenoxy) is 2. The average molecular weight is 540 g/mol. The molecule has 0 fully saturated rings. The highest BCUT2D eigenvalue weighted by Gasteiger charge is 2.18. The maximum absolute atomic E-state index is 12.6. The predicted molar refractivity (Wildman–Crippen MR) is 145 cm³/mol. The van der Waals surface area contributed by atoms with Crippen molar-refractivity contribution in [1.29, 1.82) is 0 Å². The number of hydrogen-bond acceptors (Lipinski definition) is 7. The molecular formula is C27H30ClN5O5. The minimum absolute atomic E-state index is 0.125. The number of carbonyl (C=O) groups excluding carboxylic acids is 1. The van der Waals surface area contributed by atoms with Gasteiger partial charge in [-0.05, 0) is 30.2 Å². The van der Waals surface area contributed by atoms with Crippen molar-refractivity contribution in [2.75, 3.05) is 38.5 Å². The van der Waals surface area contributed by atoms with E-state index in [0.717, 1.165) is 27.8 Å². The van der Waals surface area contributed by atoms with Crippen LogP contribution >= 0.6 is 11.6 Å². The van der Waals surface area contributed by atoms with E-state index in [1.807, 2.05) is 24.3 Å². The van der Waals surface area contributed by atoms with Gasteiger partial charge in [0.25, 0.3) is 0 Å². The number of para-hydroxylation sites is 1. The molecule has 2 heterocycles. The van der Waals surface area contributed by atoms with Crippen LogP contribution in [-0.4, -0.2) is 69.2 Å². The molecule has 38 heavy (non-hydrogen) atoms. The fourth-order valence-electron chi connectivity index (χ4n) is 4.38. The van der Waals surface area contributed by atoms with Crippen molar-refractivity contribution in [3.63, 3.8) is 0 Å². The van der Waals surface area contributed by atoms with Gasteiger partial charge >= 0.3 is 5.97 Å². The number of halogens is 1. The lowest BCUT2D eigenvalue weighted by Gasteiger charge is -2.22. The van der Waals surface area contributed by atoms with Crippen molar-refractivity contribution in [3.8, 4) is 5.75 Å². The van der Waals surface area contributed by atoms with Crippen molar-refractivity contribution in [1.82, 2.24) is 19.4 Å². The Morgan fingerprint density at radius 1 is 1.13 bits per heavy atom. The van der Waals surface area contributed by atoms with Gasteiger partial charge < -0.3 is 29.8 Å². The van der Waals surface area contributed by atoms with Gasteiger partial charge in [0.15, 0.2) is 12.4 Å². The van der Waals surface area contributed by atoms with E-state index in [0.29, 0.717) is 56.2 Å². The summed E-state index contributed by atoms with van der Waals surface area (Å²) in [5.41, 5.74) is 9.54. The van der Waals surface area contributed by atoms with E-state index in [1.165, 1.54) is 0 Å². The number of hydrogen-bond donors (Lipinski definition) is 2. The molecule has 0 radical (unpaired) electrons. The molecule has 10 nitrogen and oxygen atoms in total.